The molecule has 3 aromatic rings. The molecule has 3 aromatic carbocycles. The Balaban J connectivity index is 1.49. The minimum Gasteiger partial charge on any atom is -0.496 e. The lowest BCUT2D eigenvalue weighted by atomic mass is 10.2. The average molecular weight is 533 g/mol. The fourth-order valence-electron chi connectivity index (χ4n) is 3.86. The van der Waals surface area contributed by atoms with E-state index >= 15 is 0 Å². The molecule has 1 heterocycles. The van der Waals surface area contributed by atoms with Crippen LogP contribution in [0.15, 0.2) is 71.6 Å². The Kier molecular flexibility index (Phi) is 7.58. The van der Waals surface area contributed by atoms with Gasteiger partial charge in [0.05, 0.1) is 23.4 Å². The van der Waals surface area contributed by atoms with Crippen LogP contribution in [0, 0.1) is 0 Å². The quantitative estimate of drug-likeness (QED) is 0.417. The number of hydrogen-bond donors (Lipinski definition) is 1. The summed E-state index contributed by atoms with van der Waals surface area (Å²) in [7, 11) is -2.71. The molecule has 0 saturated carbocycles. The van der Waals surface area contributed by atoms with Crippen molar-refractivity contribution < 1.29 is 41.0 Å². The van der Waals surface area contributed by atoms with Gasteiger partial charge in [0, 0.05) is 6.54 Å². The molecule has 0 aromatic heterocycles. The zero-order chi connectivity index (χ0) is 26.6. The predicted octanol–water partition coefficient (Wildman–Crippen LogP) is 3.84. The number of anilines is 2. The summed E-state index contributed by atoms with van der Waals surface area (Å²) in [4.78, 5) is 24.9. The molecule has 0 unspecified atom stereocenters. The Hall–Kier alpha value is -4.19. The van der Waals surface area contributed by atoms with Crippen molar-refractivity contribution in [3.8, 4) is 11.5 Å². The first-order valence-corrected chi connectivity index (χ1v) is 12.4. The van der Waals surface area contributed by atoms with Crippen LogP contribution in [0.25, 0.3) is 0 Å². The Labute approximate surface area is 211 Å². The van der Waals surface area contributed by atoms with E-state index in [1.54, 1.807) is 12.1 Å². The van der Waals surface area contributed by atoms with Gasteiger partial charge in [-0.15, -0.1) is 0 Å². The number of esters is 1. The number of fused-ring (bicyclic) bond motifs is 1. The highest BCUT2D eigenvalue weighted by molar-refractivity contribution is 7.92. The number of carbonyl (C=O) groups is 2. The Morgan fingerprint density at radius 1 is 1.03 bits per heavy atom. The van der Waals surface area contributed by atoms with Crippen molar-refractivity contribution in [3.05, 3.63) is 77.9 Å². The van der Waals surface area contributed by atoms with Crippen LogP contribution < -0.4 is 19.1 Å². The molecule has 1 aliphatic rings. The van der Waals surface area contributed by atoms with Gasteiger partial charge in [-0.25, -0.2) is 13.2 Å². The van der Waals surface area contributed by atoms with Gasteiger partial charge in [0.1, 0.15) is 17.1 Å². The maximum absolute atomic E-state index is 13.4. The molecule has 1 aliphatic heterocycles. The summed E-state index contributed by atoms with van der Waals surface area (Å²) in [5, 5.41) is 2.33. The second-order valence-corrected chi connectivity index (χ2v) is 9.68. The van der Waals surface area contributed by atoms with E-state index in [0.29, 0.717) is 12.1 Å². The standard InChI is InChI=1S/C25H22F2N2O7S/c1-34-21-11-10-17(37(32,33)29-13-12-16-6-2-4-8-20(16)29)14-18(21)24(31)35-15-23(30)28-19-7-3-5-9-22(19)36-25(26)27/h2-11,14,25H,12-13,15H2,1H3,(H,28,30). The summed E-state index contributed by atoms with van der Waals surface area (Å²) in [6, 6.07) is 16.4. The lowest BCUT2D eigenvalue weighted by molar-refractivity contribution is -0.119. The molecule has 0 bridgehead atoms. The minimum absolute atomic E-state index is 0.0413. The normalized spacial score (nSPS) is 12.7. The van der Waals surface area contributed by atoms with Gasteiger partial charge < -0.3 is 19.5 Å². The van der Waals surface area contributed by atoms with E-state index in [9.17, 15) is 26.8 Å². The number of rotatable bonds is 9. The second-order valence-electron chi connectivity index (χ2n) is 7.82. The first kappa shape index (κ1) is 25.9. The maximum atomic E-state index is 13.4. The van der Waals surface area contributed by atoms with E-state index in [0.717, 1.165) is 11.6 Å². The molecule has 0 radical (unpaired) electrons. The average Bonchev–Trinajstić information content (AvgIpc) is 3.33. The molecule has 0 aliphatic carbocycles. The first-order chi connectivity index (χ1) is 17.7. The SMILES string of the molecule is COc1ccc(S(=O)(=O)N2CCc3ccccc32)cc1C(=O)OCC(=O)Nc1ccccc1OC(F)F. The molecule has 0 spiro atoms. The fourth-order valence-corrected chi connectivity index (χ4v) is 5.39. The highest BCUT2D eigenvalue weighted by Gasteiger charge is 2.32. The molecule has 9 nitrogen and oxygen atoms in total. The number of carbonyl (C=O) groups excluding carboxylic acids is 2. The summed E-state index contributed by atoms with van der Waals surface area (Å²) < 4.78 is 67.7. The van der Waals surface area contributed by atoms with Gasteiger partial charge in [-0.3, -0.25) is 9.10 Å². The molecule has 1 amide bonds. The molecule has 194 valence electrons. The number of alkyl halides is 2. The summed E-state index contributed by atoms with van der Waals surface area (Å²) in [5.41, 5.74) is 1.21. The van der Waals surface area contributed by atoms with Gasteiger partial charge in [0.2, 0.25) is 0 Å². The first-order valence-electron chi connectivity index (χ1n) is 11.0. The third-order valence-corrected chi connectivity index (χ3v) is 7.34. The Morgan fingerprint density at radius 2 is 1.76 bits per heavy atom. The number of halogens is 2. The van der Waals surface area contributed by atoms with E-state index in [1.807, 2.05) is 12.1 Å². The number of amides is 1. The molecule has 12 heteroatoms. The molecule has 0 saturated heterocycles. The molecule has 37 heavy (non-hydrogen) atoms. The van der Waals surface area contributed by atoms with Crippen LogP contribution in [0.5, 0.6) is 11.5 Å². The summed E-state index contributed by atoms with van der Waals surface area (Å²) in [5.74, 6) is -2.06. The second kappa shape index (κ2) is 10.8. The van der Waals surface area contributed by atoms with Crippen molar-refractivity contribution in [2.45, 2.75) is 17.9 Å². The maximum Gasteiger partial charge on any atom is 0.387 e. The highest BCUT2D eigenvalue weighted by Crippen LogP contribution is 2.34. The summed E-state index contributed by atoms with van der Waals surface area (Å²) >= 11 is 0. The van der Waals surface area contributed by atoms with Crippen LogP contribution in [-0.4, -0.2) is 47.2 Å². The molecule has 0 fully saturated rings. The fraction of sp³-hybridized carbons (Fsp3) is 0.200. The van der Waals surface area contributed by atoms with Crippen LogP contribution >= 0.6 is 0 Å². The topological polar surface area (TPSA) is 111 Å². The van der Waals surface area contributed by atoms with Crippen molar-refractivity contribution in [2.24, 2.45) is 0 Å². The Morgan fingerprint density at radius 3 is 2.51 bits per heavy atom. The third kappa shape index (κ3) is 5.64. The monoisotopic (exact) mass is 532 g/mol. The van der Waals surface area contributed by atoms with E-state index in [1.165, 1.54) is 47.8 Å². The molecular formula is C25H22F2N2O7S. The molecule has 4 rings (SSSR count). The lowest BCUT2D eigenvalue weighted by Crippen LogP contribution is -2.29. The predicted molar refractivity (Wildman–Crippen MR) is 130 cm³/mol. The van der Waals surface area contributed by atoms with Gasteiger partial charge in [0.25, 0.3) is 15.9 Å². The molecule has 1 N–H and O–H groups in total. The van der Waals surface area contributed by atoms with Gasteiger partial charge >= 0.3 is 12.6 Å². The van der Waals surface area contributed by atoms with E-state index < -0.39 is 35.1 Å². The van der Waals surface area contributed by atoms with Crippen molar-refractivity contribution in [1.82, 2.24) is 0 Å². The number of nitrogens with zero attached hydrogens (tertiary/aromatic N) is 1. The minimum atomic E-state index is -4.00. The zero-order valence-corrected chi connectivity index (χ0v) is 20.3. The van der Waals surface area contributed by atoms with Gasteiger partial charge in [-0.05, 0) is 48.4 Å². The number of nitrogens with one attached hydrogen (secondary N) is 1. The van der Waals surface area contributed by atoms with Crippen LogP contribution in [0.3, 0.4) is 0 Å². The van der Waals surface area contributed by atoms with Crippen molar-refractivity contribution in [2.75, 3.05) is 29.9 Å². The van der Waals surface area contributed by atoms with E-state index in [4.69, 9.17) is 9.47 Å². The van der Waals surface area contributed by atoms with E-state index in [2.05, 4.69) is 10.1 Å². The van der Waals surface area contributed by atoms with Crippen molar-refractivity contribution in [3.63, 3.8) is 0 Å². The van der Waals surface area contributed by atoms with Crippen molar-refractivity contribution >= 4 is 33.3 Å². The van der Waals surface area contributed by atoms with E-state index in [-0.39, 0.29) is 34.2 Å². The van der Waals surface area contributed by atoms with Crippen LogP contribution in [-0.2, 0) is 26.0 Å². The van der Waals surface area contributed by atoms with Crippen molar-refractivity contribution in [1.29, 1.82) is 0 Å². The zero-order valence-electron chi connectivity index (χ0n) is 19.5. The Bertz CT molecular complexity index is 1430. The van der Waals surface area contributed by atoms with Crippen LogP contribution in [0.1, 0.15) is 15.9 Å². The number of methoxy groups -OCH3 is 1. The lowest BCUT2D eigenvalue weighted by Gasteiger charge is -2.20. The number of hydrogen-bond acceptors (Lipinski definition) is 7. The smallest absolute Gasteiger partial charge is 0.387 e. The van der Waals surface area contributed by atoms with Crippen LogP contribution in [0.2, 0.25) is 0 Å². The van der Waals surface area contributed by atoms with Gasteiger partial charge in [0.15, 0.2) is 6.61 Å². The number of benzene rings is 3. The molecule has 0 atom stereocenters. The highest BCUT2D eigenvalue weighted by atomic mass is 32.2. The largest absolute Gasteiger partial charge is 0.496 e. The van der Waals surface area contributed by atoms with Gasteiger partial charge in [-0.2, -0.15) is 8.78 Å². The third-order valence-electron chi connectivity index (χ3n) is 5.53. The summed E-state index contributed by atoms with van der Waals surface area (Å²) in [6.45, 7) is -3.62. The molecular weight excluding hydrogens is 510 g/mol. The number of para-hydroxylation sites is 3. The number of ether oxygens (including phenoxy) is 3. The number of sulfonamides is 1. The summed E-state index contributed by atoms with van der Waals surface area (Å²) in [6.07, 6.45) is 0.557. The van der Waals surface area contributed by atoms with Gasteiger partial charge in [-0.1, -0.05) is 30.3 Å². The van der Waals surface area contributed by atoms with Crippen LogP contribution in [0.4, 0.5) is 20.2 Å².